The molecular weight excluding hydrogens is 378 g/mol. The van der Waals surface area contributed by atoms with Gasteiger partial charge < -0.3 is 19.3 Å². The van der Waals surface area contributed by atoms with E-state index in [-0.39, 0.29) is 53.0 Å². The zero-order valence-corrected chi connectivity index (χ0v) is 17.2. The maximum atomic E-state index is 13.0. The number of nitro benzene ring substituents is 1. The van der Waals surface area contributed by atoms with E-state index in [2.05, 4.69) is 0 Å². The Morgan fingerprint density at radius 2 is 1.17 bits per heavy atom. The van der Waals surface area contributed by atoms with Crippen LogP contribution in [-0.4, -0.2) is 77.1 Å². The minimum atomic E-state index is -0.581. The van der Waals surface area contributed by atoms with E-state index in [9.17, 15) is 19.7 Å². The smallest absolute Gasteiger partial charge is 0.271 e. The molecule has 2 amide bonds. The maximum absolute atomic E-state index is 13.0. The van der Waals surface area contributed by atoms with Crippen LogP contribution in [0.15, 0.2) is 18.2 Å². The van der Waals surface area contributed by atoms with Gasteiger partial charge in [0.05, 0.1) is 29.3 Å². The van der Waals surface area contributed by atoms with Crippen molar-refractivity contribution in [3.8, 4) is 0 Å². The Labute approximate surface area is 169 Å². The molecule has 0 saturated carbocycles. The number of hydrogen-bond donors (Lipinski definition) is 0. The largest absolute Gasteiger partial charge is 0.372 e. The molecular formula is C20H27N3O6. The number of morpholine rings is 2. The molecule has 0 N–H and O–H groups in total. The number of nitro groups is 1. The van der Waals surface area contributed by atoms with Crippen molar-refractivity contribution < 1.29 is 24.0 Å². The summed E-state index contributed by atoms with van der Waals surface area (Å²) in [4.78, 5) is 40.1. The first kappa shape index (κ1) is 21.2. The number of nitrogens with zero attached hydrogens (tertiary/aromatic N) is 3. The molecule has 2 fully saturated rings. The molecule has 0 radical (unpaired) electrons. The van der Waals surface area contributed by atoms with Crippen molar-refractivity contribution in [2.45, 2.75) is 52.1 Å². The van der Waals surface area contributed by atoms with E-state index in [1.54, 1.807) is 9.80 Å². The van der Waals surface area contributed by atoms with E-state index in [0.717, 1.165) is 0 Å². The summed E-state index contributed by atoms with van der Waals surface area (Å²) in [6.07, 6.45) is -0.504. The topological polar surface area (TPSA) is 102 Å². The van der Waals surface area contributed by atoms with E-state index in [1.807, 2.05) is 27.7 Å². The van der Waals surface area contributed by atoms with Gasteiger partial charge in [-0.25, -0.2) is 0 Å². The highest BCUT2D eigenvalue weighted by Gasteiger charge is 2.31. The lowest BCUT2D eigenvalue weighted by Crippen LogP contribution is -2.48. The van der Waals surface area contributed by atoms with Gasteiger partial charge in [-0.05, 0) is 33.8 Å². The molecule has 0 bridgehead atoms. The van der Waals surface area contributed by atoms with E-state index < -0.39 is 4.92 Å². The van der Waals surface area contributed by atoms with E-state index in [1.165, 1.54) is 18.2 Å². The summed E-state index contributed by atoms with van der Waals surface area (Å²) < 4.78 is 11.3. The summed E-state index contributed by atoms with van der Waals surface area (Å²) in [5.41, 5.74) is -0.000625. The second-order valence-corrected chi connectivity index (χ2v) is 7.96. The van der Waals surface area contributed by atoms with Crippen LogP contribution in [0.3, 0.4) is 0 Å². The molecule has 0 aromatic heterocycles. The zero-order chi connectivity index (χ0) is 21.3. The molecule has 2 aliphatic rings. The third-order valence-corrected chi connectivity index (χ3v) is 5.04. The van der Waals surface area contributed by atoms with Gasteiger partial charge in [0.25, 0.3) is 17.5 Å². The second-order valence-electron chi connectivity index (χ2n) is 7.96. The second kappa shape index (κ2) is 8.46. The monoisotopic (exact) mass is 405 g/mol. The lowest BCUT2D eigenvalue weighted by atomic mass is 10.1. The third-order valence-electron chi connectivity index (χ3n) is 5.04. The Balaban J connectivity index is 1.90. The van der Waals surface area contributed by atoms with Crippen LogP contribution in [0, 0.1) is 10.1 Å². The Bertz CT molecular complexity index is 737. The average molecular weight is 405 g/mol. The predicted octanol–water partition coefficient (Wildman–Crippen LogP) is 2.09. The minimum Gasteiger partial charge on any atom is -0.372 e. The molecule has 1 aromatic carbocycles. The zero-order valence-electron chi connectivity index (χ0n) is 17.2. The van der Waals surface area contributed by atoms with Gasteiger partial charge in [-0.15, -0.1) is 0 Å². The quantitative estimate of drug-likeness (QED) is 0.564. The summed E-state index contributed by atoms with van der Waals surface area (Å²) in [7, 11) is 0. The van der Waals surface area contributed by atoms with Crippen LogP contribution < -0.4 is 0 Å². The number of non-ortho nitro benzene ring substituents is 1. The van der Waals surface area contributed by atoms with Crippen LogP contribution >= 0.6 is 0 Å². The van der Waals surface area contributed by atoms with E-state index in [4.69, 9.17) is 9.47 Å². The standard InChI is InChI=1S/C20H27N3O6/c1-12-8-21(9-13(2)28-12)19(24)16-5-17(7-18(6-16)23(26)27)20(25)22-10-14(3)29-15(4)11-22/h5-7,12-15H,8-11H2,1-4H3. The average Bonchev–Trinajstić information content (AvgIpc) is 2.64. The van der Waals surface area contributed by atoms with Crippen LogP contribution in [-0.2, 0) is 9.47 Å². The number of amides is 2. The summed E-state index contributed by atoms with van der Waals surface area (Å²) in [5.74, 6) is -0.679. The molecule has 1 aromatic rings. The molecule has 9 nitrogen and oxygen atoms in total. The lowest BCUT2D eigenvalue weighted by Gasteiger charge is -2.36. The van der Waals surface area contributed by atoms with Gasteiger partial charge in [0.15, 0.2) is 0 Å². The van der Waals surface area contributed by atoms with Crippen molar-refractivity contribution in [2.75, 3.05) is 26.2 Å². The summed E-state index contributed by atoms with van der Waals surface area (Å²) in [6, 6.07) is 3.91. The van der Waals surface area contributed by atoms with Crippen LogP contribution in [0.4, 0.5) is 5.69 Å². The van der Waals surface area contributed by atoms with Gasteiger partial charge >= 0.3 is 0 Å². The van der Waals surface area contributed by atoms with Crippen molar-refractivity contribution in [1.29, 1.82) is 0 Å². The molecule has 158 valence electrons. The van der Waals surface area contributed by atoms with Crippen LogP contribution in [0.2, 0.25) is 0 Å². The number of hydrogen-bond acceptors (Lipinski definition) is 6. The lowest BCUT2D eigenvalue weighted by molar-refractivity contribution is -0.384. The van der Waals surface area contributed by atoms with Crippen molar-refractivity contribution in [3.63, 3.8) is 0 Å². The highest BCUT2D eigenvalue weighted by molar-refractivity contribution is 6.00. The van der Waals surface area contributed by atoms with Gasteiger partial charge in [-0.2, -0.15) is 0 Å². The molecule has 0 spiro atoms. The van der Waals surface area contributed by atoms with Crippen molar-refractivity contribution in [3.05, 3.63) is 39.4 Å². The molecule has 29 heavy (non-hydrogen) atoms. The molecule has 4 atom stereocenters. The summed E-state index contributed by atoms with van der Waals surface area (Å²) in [6.45, 7) is 9.08. The van der Waals surface area contributed by atoms with Crippen molar-refractivity contribution in [2.24, 2.45) is 0 Å². The molecule has 0 aliphatic carbocycles. The van der Waals surface area contributed by atoms with E-state index in [0.29, 0.717) is 26.2 Å². The fourth-order valence-corrected chi connectivity index (χ4v) is 4.02. The SMILES string of the molecule is CC1CN(C(=O)c2cc(C(=O)N3CC(C)OC(C)C3)cc([N+](=O)[O-])c2)CC(C)O1. The van der Waals surface area contributed by atoms with E-state index >= 15 is 0 Å². The van der Waals surface area contributed by atoms with Crippen LogP contribution in [0.5, 0.6) is 0 Å². The fraction of sp³-hybridized carbons (Fsp3) is 0.600. The van der Waals surface area contributed by atoms with Crippen LogP contribution in [0.1, 0.15) is 48.4 Å². The number of carbonyl (C=O) groups is 2. The van der Waals surface area contributed by atoms with Crippen molar-refractivity contribution >= 4 is 17.5 Å². The highest BCUT2D eigenvalue weighted by atomic mass is 16.6. The number of carbonyl (C=O) groups excluding carboxylic acids is 2. The van der Waals surface area contributed by atoms with Crippen LogP contribution in [0.25, 0.3) is 0 Å². The highest BCUT2D eigenvalue weighted by Crippen LogP contribution is 2.23. The first-order valence-electron chi connectivity index (χ1n) is 9.83. The Kier molecular flexibility index (Phi) is 6.18. The minimum absolute atomic E-state index is 0.126. The molecule has 2 heterocycles. The summed E-state index contributed by atoms with van der Waals surface area (Å²) in [5, 5.41) is 11.4. The van der Waals surface area contributed by atoms with Crippen molar-refractivity contribution in [1.82, 2.24) is 9.80 Å². The first-order valence-corrected chi connectivity index (χ1v) is 9.83. The summed E-state index contributed by atoms with van der Waals surface area (Å²) >= 11 is 0. The van der Waals surface area contributed by atoms with Gasteiger partial charge in [0, 0.05) is 49.4 Å². The normalized spacial score (nSPS) is 27.6. The number of rotatable bonds is 3. The Morgan fingerprint density at radius 3 is 1.48 bits per heavy atom. The molecule has 2 saturated heterocycles. The third kappa shape index (κ3) is 4.91. The predicted molar refractivity (Wildman–Crippen MR) is 105 cm³/mol. The Morgan fingerprint density at radius 1 is 0.828 bits per heavy atom. The Hall–Kier alpha value is -2.52. The molecule has 3 rings (SSSR count). The van der Waals surface area contributed by atoms with Gasteiger partial charge in [0.1, 0.15) is 0 Å². The molecule has 9 heteroatoms. The van der Waals surface area contributed by atoms with Gasteiger partial charge in [-0.3, -0.25) is 19.7 Å². The number of ether oxygens (including phenoxy) is 2. The number of benzene rings is 1. The first-order chi connectivity index (χ1) is 13.6. The molecule has 2 aliphatic heterocycles. The maximum Gasteiger partial charge on any atom is 0.271 e. The molecule has 4 unspecified atom stereocenters. The fourth-order valence-electron chi connectivity index (χ4n) is 4.02. The van der Waals surface area contributed by atoms with Gasteiger partial charge in [-0.1, -0.05) is 0 Å². The van der Waals surface area contributed by atoms with Gasteiger partial charge in [0.2, 0.25) is 0 Å².